The first-order valence-corrected chi connectivity index (χ1v) is 7.63. The number of anilines is 1. The van der Waals surface area contributed by atoms with Crippen molar-refractivity contribution in [3.63, 3.8) is 0 Å². The highest BCUT2D eigenvalue weighted by Crippen LogP contribution is 2.22. The van der Waals surface area contributed by atoms with Crippen molar-refractivity contribution in [3.05, 3.63) is 71.4 Å². The zero-order chi connectivity index (χ0) is 16.4. The SMILES string of the molecule is Cn1c(-c2ccc(Cl)cc2)c[n+](CC(=O)c2ccccc2)c1N.[Br-]. The van der Waals surface area contributed by atoms with Crippen molar-refractivity contribution in [2.75, 3.05) is 5.73 Å². The first kappa shape index (κ1) is 18.2. The molecule has 24 heavy (non-hydrogen) atoms. The van der Waals surface area contributed by atoms with Gasteiger partial charge in [0.15, 0.2) is 5.78 Å². The predicted octanol–water partition coefficient (Wildman–Crippen LogP) is 0.102. The van der Waals surface area contributed by atoms with E-state index in [0.29, 0.717) is 16.5 Å². The number of nitrogen functional groups attached to an aromatic ring is 1. The molecule has 124 valence electrons. The van der Waals surface area contributed by atoms with Crippen LogP contribution in [0.25, 0.3) is 11.3 Å². The van der Waals surface area contributed by atoms with Crippen LogP contribution in [0, 0.1) is 0 Å². The molecule has 0 fully saturated rings. The second kappa shape index (κ2) is 7.64. The molecule has 0 saturated heterocycles. The minimum absolute atomic E-state index is 0. The summed E-state index contributed by atoms with van der Waals surface area (Å²) in [6.07, 6.45) is 1.89. The van der Waals surface area contributed by atoms with Crippen LogP contribution in [0.4, 0.5) is 5.95 Å². The third kappa shape index (κ3) is 3.68. The maximum atomic E-state index is 12.4. The van der Waals surface area contributed by atoms with Gasteiger partial charge in [0.2, 0.25) is 0 Å². The number of halogens is 2. The highest BCUT2D eigenvalue weighted by atomic mass is 79.9. The molecule has 4 nitrogen and oxygen atoms in total. The third-order valence-corrected chi connectivity index (χ3v) is 4.08. The Balaban J connectivity index is 0.00000208. The van der Waals surface area contributed by atoms with Crippen molar-refractivity contribution in [2.45, 2.75) is 6.54 Å². The van der Waals surface area contributed by atoms with Crippen LogP contribution in [0.2, 0.25) is 5.02 Å². The van der Waals surface area contributed by atoms with E-state index in [1.807, 2.05) is 72.4 Å². The molecule has 2 N–H and O–H groups in total. The maximum absolute atomic E-state index is 12.4. The summed E-state index contributed by atoms with van der Waals surface area (Å²) in [6.45, 7) is 0.206. The van der Waals surface area contributed by atoms with E-state index in [4.69, 9.17) is 17.3 Å². The van der Waals surface area contributed by atoms with Gasteiger partial charge in [-0.2, -0.15) is 0 Å². The van der Waals surface area contributed by atoms with Crippen LogP contribution in [0.15, 0.2) is 60.8 Å². The number of imidazole rings is 1. The van der Waals surface area contributed by atoms with Crippen LogP contribution in [-0.4, -0.2) is 10.4 Å². The number of carbonyl (C=O) groups is 1. The van der Waals surface area contributed by atoms with Crippen molar-refractivity contribution in [1.82, 2.24) is 4.57 Å². The van der Waals surface area contributed by atoms with E-state index in [9.17, 15) is 4.79 Å². The lowest BCUT2D eigenvalue weighted by Gasteiger charge is -2.00. The van der Waals surface area contributed by atoms with Crippen molar-refractivity contribution < 1.29 is 26.3 Å². The predicted molar refractivity (Wildman–Crippen MR) is 91.2 cm³/mol. The topological polar surface area (TPSA) is 51.9 Å². The number of carbonyl (C=O) groups excluding carboxylic acids is 1. The molecule has 0 aliphatic rings. The summed E-state index contributed by atoms with van der Waals surface area (Å²) in [5, 5.41) is 0.683. The fraction of sp³-hybridized carbons (Fsp3) is 0.111. The molecule has 0 saturated carbocycles. The highest BCUT2D eigenvalue weighted by molar-refractivity contribution is 6.30. The van der Waals surface area contributed by atoms with E-state index in [1.165, 1.54) is 0 Å². The van der Waals surface area contributed by atoms with E-state index in [0.717, 1.165) is 11.3 Å². The summed E-state index contributed by atoms with van der Waals surface area (Å²) in [5.74, 6) is 0.551. The summed E-state index contributed by atoms with van der Waals surface area (Å²) in [4.78, 5) is 12.4. The number of aromatic nitrogens is 2. The number of Topliss-reactive ketones (excluding diaryl/α,β-unsaturated/α-hetero) is 1. The molecule has 3 aromatic rings. The minimum Gasteiger partial charge on any atom is -1.00 e. The second-order valence-corrected chi connectivity index (χ2v) is 5.79. The van der Waals surface area contributed by atoms with E-state index < -0.39 is 0 Å². The van der Waals surface area contributed by atoms with E-state index in [-0.39, 0.29) is 29.3 Å². The largest absolute Gasteiger partial charge is 1.00 e. The lowest BCUT2D eigenvalue weighted by molar-refractivity contribution is -0.667. The minimum atomic E-state index is 0. The first-order valence-electron chi connectivity index (χ1n) is 7.25. The molecular weight excluding hydrogens is 390 g/mol. The van der Waals surface area contributed by atoms with Gasteiger partial charge in [0, 0.05) is 16.1 Å². The smallest absolute Gasteiger partial charge is 0.355 e. The monoisotopic (exact) mass is 405 g/mol. The van der Waals surface area contributed by atoms with Crippen molar-refractivity contribution in [1.29, 1.82) is 0 Å². The second-order valence-electron chi connectivity index (χ2n) is 5.36. The Morgan fingerprint density at radius 1 is 1.12 bits per heavy atom. The number of rotatable bonds is 4. The lowest BCUT2D eigenvalue weighted by Crippen LogP contribution is -3.00. The van der Waals surface area contributed by atoms with Gasteiger partial charge in [-0.1, -0.05) is 41.9 Å². The molecule has 1 heterocycles. The van der Waals surface area contributed by atoms with Crippen LogP contribution < -0.4 is 27.3 Å². The fourth-order valence-electron chi connectivity index (χ4n) is 2.50. The molecule has 6 heteroatoms. The number of ketones is 1. The van der Waals surface area contributed by atoms with Crippen molar-refractivity contribution in [3.8, 4) is 11.3 Å². The Morgan fingerprint density at radius 2 is 1.75 bits per heavy atom. The molecule has 1 aromatic heterocycles. The number of nitrogens with zero attached hydrogens (tertiary/aromatic N) is 2. The summed E-state index contributed by atoms with van der Waals surface area (Å²) < 4.78 is 3.63. The fourth-order valence-corrected chi connectivity index (χ4v) is 2.63. The summed E-state index contributed by atoms with van der Waals surface area (Å²) in [6, 6.07) is 16.7. The van der Waals surface area contributed by atoms with Crippen LogP contribution in [0.5, 0.6) is 0 Å². The Bertz CT molecular complexity index is 845. The molecule has 0 aliphatic heterocycles. The van der Waals surface area contributed by atoms with Crippen LogP contribution in [-0.2, 0) is 13.6 Å². The molecule has 0 amide bonds. The van der Waals surface area contributed by atoms with E-state index >= 15 is 0 Å². The van der Waals surface area contributed by atoms with Gasteiger partial charge in [-0.3, -0.25) is 10.5 Å². The molecular formula is C18H17BrClN3O. The Hall–Kier alpha value is -2.11. The molecule has 0 atom stereocenters. The molecule has 0 aliphatic carbocycles. The maximum Gasteiger partial charge on any atom is 0.355 e. The van der Waals surface area contributed by atoms with Crippen LogP contribution in [0.3, 0.4) is 0 Å². The van der Waals surface area contributed by atoms with Gasteiger partial charge < -0.3 is 17.0 Å². The van der Waals surface area contributed by atoms with Gasteiger partial charge in [0.05, 0.1) is 7.05 Å². The third-order valence-electron chi connectivity index (χ3n) is 3.83. The number of benzene rings is 2. The van der Waals surface area contributed by atoms with Gasteiger partial charge in [-0.05, 0) is 24.3 Å². The zero-order valence-electron chi connectivity index (χ0n) is 13.1. The average molecular weight is 407 g/mol. The Morgan fingerprint density at radius 3 is 2.38 bits per heavy atom. The van der Waals surface area contributed by atoms with Gasteiger partial charge in [0.1, 0.15) is 18.4 Å². The summed E-state index contributed by atoms with van der Waals surface area (Å²) in [7, 11) is 1.88. The zero-order valence-corrected chi connectivity index (χ0v) is 15.5. The molecule has 0 unspecified atom stereocenters. The van der Waals surface area contributed by atoms with Crippen LogP contribution >= 0.6 is 11.6 Å². The van der Waals surface area contributed by atoms with Crippen molar-refractivity contribution >= 4 is 23.3 Å². The van der Waals surface area contributed by atoms with Gasteiger partial charge in [-0.15, -0.1) is 0 Å². The highest BCUT2D eigenvalue weighted by Gasteiger charge is 2.20. The first-order chi connectivity index (χ1) is 11.1. The Kier molecular flexibility index (Phi) is 5.80. The number of hydrogen-bond acceptors (Lipinski definition) is 2. The molecule has 2 aromatic carbocycles. The summed E-state index contributed by atoms with van der Waals surface area (Å²) in [5.41, 5.74) is 8.75. The normalized spacial score (nSPS) is 10.2. The van der Waals surface area contributed by atoms with Gasteiger partial charge in [0.25, 0.3) is 0 Å². The lowest BCUT2D eigenvalue weighted by atomic mass is 10.1. The van der Waals surface area contributed by atoms with Gasteiger partial charge >= 0.3 is 5.95 Å². The van der Waals surface area contributed by atoms with Crippen molar-refractivity contribution in [2.24, 2.45) is 7.05 Å². The average Bonchev–Trinajstić information content (AvgIpc) is 2.85. The Labute approximate surface area is 156 Å². The summed E-state index contributed by atoms with van der Waals surface area (Å²) >= 11 is 5.93. The molecule has 0 bridgehead atoms. The van der Waals surface area contributed by atoms with E-state index in [1.54, 1.807) is 4.57 Å². The van der Waals surface area contributed by atoms with Gasteiger partial charge in [-0.25, -0.2) is 9.13 Å². The molecule has 3 rings (SSSR count). The standard InChI is InChI=1S/C18H16ClN3O.BrH/c1-21-16(13-7-9-15(19)10-8-13)11-22(18(21)20)12-17(23)14-5-3-2-4-6-14;/h2-11,20H,12H2,1H3;1H. The van der Waals surface area contributed by atoms with Crippen LogP contribution in [0.1, 0.15) is 10.4 Å². The molecule has 0 spiro atoms. The quantitative estimate of drug-likeness (QED) is 0.494. The number of nitrogens with two attached hydrogens (primary N) is 1. The van der Waals surface area contributed by atoms with E-state index in [2.05, 4.69) is 0 Å². The number of hydrogen-bond donors (Lipinski definition) is 1. The molecule has 0 radical (unpaired) electrons.